The van der Waals surface area contributed by atoms with Gasteiger partial charge in [0.15, 0.2) is 0 Å². The lowest BCUT2D eigenvalue weighted by Gasteiger charge is -2.12. The van der Waals surface area contributed by atoms with Crippen molar-refractivity contribution in [3.8, 4) is 5.75 Å². The average molecular weight is 330 g/mol. The number of ether oxygens (including phenoxy) is 2. The maximum Gasteiger partial charge on any atom is 0.230 e. The molecule has 2 fully saturated rings. The van der Waals surface area contributed by atoms with Crippen LogP contribution in [0.15, 0.2) is 24.3 Å². The van der Waals surface area contributed by atoms with Crippen molar-refractivity contribution in [1.29, 1.82) is 0 Å². The van der Waals surface area contributed by atoms with Crippen molar-refractivity contribution in [2.24, 2.45) is 5.92 Å². The second kappa shape index (κ2) is 6.03. The van der Waals surface area contributed by atoms with Gasteiger partial charge in [-0.05, 0) is 43.5 Å². The Kier molecular flexibility index (Phi) is 4.29. The topological polar surface area (TPSA) is 47.6 Å². The van der Waals surface area contributed by atoms with Crippen LogP contribution in [0.4, 0.5) is 5.69 Å². The largest absolute Gasteiger partial charge is 0.491 e. The van der Waals surface area contributed by atoms with Gasteiger partial charge in [-0.15, -0.1) is 23.2 Å². The van der Waals surface area contributed by atoms with Crippen LogP contribution in [0.3, 0.4) is 0 Å². The first kappa shape index (κ1) is 14.9. The van der Waals surface area contributed by atoms with Gasteiger partial charge in [-0.25, -0.2) is 0 Å². The molecule has 21 heavy (non-hydrogen) atoms. The molecule has 0 radical (unpaired) electrons. The van der Waals surface area contributed by atoms with Crippen LogP contribution in [-0.4, -0.2) is 29.6 Å². The maximum absolute atomic E-state index is 11.8. The maximum atomic E-state index is 11.8. The minimum absolute atomic E-state index is 0.145. The van der Waals surface area contributed by atoms with Gasteiger partial charge in [0.05, 0.1) is 12.0 Å². The van der Waals surface area contributed by atoms with Gasteiger partial charge in [0.2, 0.25) is 5.91 Å². The van der Waals surface area contributed by atoms with E-state index in [-0.39, 0.29) is 17.9 Å². The Hall–Kier alpha value is -0.970. The number of amides is 1. The Morgan fingerprint density at radius 1 is 1.38 bits per heavy atom. The summed E-state index contributed by atoms with van der Waals surface area (Å²) < 4.78 is 10.3. The summed E-state index contributed by atoms with van der Waals surface area (Å²) in [5.74, 6) is 0.295. The highest BCUT2D eigenvalue weighted by atomic mass is 35.5. The van der Waals surface area contributed by atoms with Crippen LogP contribution in [0.1, 0.15) is 19.3 Å². The van der Waals surface area contributed by atoms with Gasteiger partial charge in [-0.3, -0.25) is 4.79 Å². The highest BCUT2D eigenvalue weighted by Crippen LogP contribution is 2.53. The second-order valence-electron chi connectivity index (χ2n) is 5.48. The Balaban J connectivity index is 1.48. The normalized spacial score (nSPS) is 26.4. The van der Waals surface area contributed by atoms with Gasteiger partial charge in [0, 0.05) is 12.3 Å². The molecule has 1 saturated carbocycles. The number of carbonyl (C=O) groups excluding carboxylic acids is 1. The van der Waals surface area contributed by atoms with Crippen molar-refractivity contribution in [3.05, 3.63) is 24.3 Å². The number of hydrogen-bond donors (Lipinski definition) is 1. The van der Waals surface area contributed by atoms with E-state index < -0.39 is 4.33 Å². The van der Waals surface area contributed by atoms with E-state index in [1.807, 2.05) is 12.1 Å². The van der Waals surface area contributed by atoms with E-state index in [4.69, 9.17) is 32.7 Å². The van der Waals surface area contributed by atoms with Gasteiger partial charge in [-0.1, -0.05) is 0 Å². The molecule has 1 amide bonds. The number of hydrogen-bond acceptors (Lipinski definition) is 3. The van der Waals surface area contributed by atoms with E-state index in [9.17, 15) is 4.79 Å². The molecule has 1 aromatic carbocycles. The Morgan fingerprint density at radius 3 is 2.67 bits per heavy atom. The van der Waals surface area contributed by atoms with Crippen LogP contribution in [0, 0.1) is 5.92 Å². The second-order valence-corrected chi connectivity index (χ2v) is 7.02. The van der Waals surface area contributed by atoms with Crippen molar-refractivity contribution >= 4 is 34.8 Å². The van der Waals surface area contributed by atoms with Crippen LogP contribution in [0.25, 0.3) is 0 Å². The highest BCUT2D eigenvalue weighted by molar-refractivity contribution is 6.52. The molecular weight excluding hydrogens is 313 g/mol. The summed E-state index contributed by atoms with van der Waals surface area (Å²) in [6.07, 6.45) is 2.85. The van der Waals surface area contributed by atoms with Crippen molar-refractivity contribution in [2.75, 3.05) is 18.5 Å². The number of carbonyl (C=O) groups is 1. The monoisotopic (exact) mass is 329 g/mol. The Labute approximate surface area is 133 Å². The number of anilines is 1. The van der Waals surface area contributed by atoms with E-state index in [0.29, 0.717) is 18.7 Å². The molecule has 114 valence electrons. The summed E-state index contributed by atoms with van der Waals surface area (Å²) in [7, 11) is 0. The van der Waals surface area contributed by atoms with Crippen molar-refractivity contribution < 1.29 is 14.3 Å². The summed E-state index contributed by atoms with van der Waals surface area (Å²) in [6, 6.07) is 7.25. The minimum atomic E-state index is -0.894. The fourth-order valence-electron chi connectivity index (χ4n) is 2.33. The standard InChI is InChI=1S/C15H17Cl2NO3/c16-15(17)8-13(15)14(19)18-10-3-5-11(6-4-10)21-9-12-2-1-7-20-12/h3-6,12-13H,1-2,7-9H2,(H,18,19). The third-order valence-corrected chi connectivity index (χ3v) is 4.56. The fraction of sp³-hybridized carbons (Fsp3) is 0.533. The summed E-state index contributed by atoms with van der Waals surface area (Å²) >= 11 is 11.7. The van der Waals surface area contributed by atoms with Crippen molar-refractivity contribution in [1.82, 2.24) is 0 Å². The minimum Gasteiger partial charge on any atom is -0.491 e. The van der Waals surface area contributed by atoms with Crippen LogP contribution >= 0.6 is 23.2 Å². The SMILES string of the molecule is O=C(Nc1ccc(OCC2CCCO2)cc1)C1CC1(Cl)Cl. The molecule has 1 aliphatic carbocycles. The molecule has 1 N–H and O–H groups in total. The first-order valence-electron chi connectivity index (χ1n) is 7.08. The molecule has 0 aromatic heterocycles. The van der Waals surface area contributed by atoms with Crippen LogP contribution in [0.5, 0.6) is 5.75 Å². The average Bonchev–Trinajstić information content (AvgIpc) is 2.89. The smallest absolute Gasteiger partial charge is 0.230 e. The molecule has 1 saturated heterocycles. The summed E-state index contributed by atoms with van der Waals surface area (Å²) in [5.41, 5.74) is 0.709. The van der Waals surface area contributed by atoms with Crippen molar-refractivity contribution in [3.63, 3.8) is 0 Å². The quantitative estimate of drug-likeness (QED) is 0.842. The summed E-state index contributed by atoms with van der Waals surface area (Å²) in [6.45, 7) is 1.39. The molecule has 0 bridgehead atoms. The zero-order valence-corrected chi connectivity index (χ0v) is 13.0. The molecule has 1 aliphatic heterocycles. The van der Waals surface area contributed by atoms with E-state index in [0.717, 1.165) is 25.2 Å². The lowest BCUT2D eigenvalue weighted by atomic mass is 10.2. The Morgan fingerprint density at radius 2 is 2.10 bits per heavy atom. The Bertz CT molecular complexity index is 512. The molecule has 2 atom stereocenters. The molecule has 4 nitrogen and oxygen atoms in total. The fourth-order valence-corrected chi connectivity index (χ4v) is 2.83. The zero-order chi connectivity index (χ0) is 14.9. The van der Waals surface area contributed by atoms with E-state index in [1.165, 1.54) is 0 Å². The third-order valence-electron chi connectivity index (χ3n) is 3.72. The lowest BCUT2D eigenvalue weighted by molar-refractivity contribution is -0.117. The van der Waals surface area contributed by atoms with Crippen LogP contribution in [0.2, 0.25) is 0 Å². The molecular formula is C15H17Cl2NO3. The van der Waals surface area contributed by atoms with Crippen LogP contribution in [-0.2, 0) is 9.53 Å². The number of benzene rings is 1. The van der Waals surface area contributed by atoms with Crippen molar-refractivity contribution in [2.45, 2.75) is 29.7 Å². The molecule has 1 heterocycles. The first-order valence-corrected chi connectivity index (χ1v) is 7.83. The van der Waals surface area contributed by atoms with Gasteiger partial charge in [-0.2, -0.15) is 0 Å². The number of alkyl halides is 2. The van der Waals surface area contributed by atoms with Gasteiger partial charge >= 0.3 is 0 Å². The molecule has 0 spiro atoms. The first-order chi connectivity index (χ1) is 10.0. The predicted octanol–water partition coefficient (Wildman–Crippen LogP) is 3.38. The van der Waals surface area contributed by atoms with E-state index >= 15 is 0 Å². The summed E-state index contributed by atoms with van der Waals surface area (Å²) in [5, 5.41) is 2.80. The number of nitrogens with one attached hydrogen (secondary N) is 1. The molecule has 6 heteroatoms. The molecule has 1 aromatic rings. The van der Waals surface area contributed by atoms with Gasteiger partial charge in [0.1, 0.15) is 16.7 Å². The molecule has 2 unspecified atom stereocenters. The van der Waals surface area contributed by atoms with E-state index in [2.05, 4.69) is 5.32 Å². The molecule has 2 aliphatic rings. The lowest BCUT2D eigenvalue weighted by Crippen LogP contribution is -2.17. The third kappa shape index (κ3) is 3.82. The zero-order valence-electron chi connectivity index (χ0n) is 11.5. The number of halogens is 2. The van der Waals surface area contributed by atoms with Gasteiger partial charge < -0.3 is 14.8 Å². The van der Waals surface area contributed by atoms with Crippen LogP contribution < -0.4 is 10.1 Å². The van der Waals surface area contributed by atoms with E-state index in [1.54, 1.807) is 12.1 Å². The number of rotatable bonds is 5. The predicted molar refractivity (Wildman–Crippen MR) is 82.1 cm³/mol. The summed E-state index contributed by atoms with van der Waals surface area (Å²) in [4.78, 5) is 11.8. The molecule has 3 rings (SSSR count). The highest BCUT2D eigenvalue weighted by Gasteiger charge is 2.56. The van der Waals surface area contributed by atoms with Gasteiger partial charge in [0.25, 0.3) is 0 Å².